The van der Waals surface area contributed by atoms with E-state index in [0.29, 0.717) is 43.1 Å². The van der Waals surface area contributed by atoms with Crippen LogP contribution in [0.1, 0.15) is 149 Å². The molecule has 0 fully saturated rings. The van der Waals surface area contributed by atoms with E-state index in [-0.39, 0.29) is 26.1 Å². The van der Waals surface area contributed by atoms with E-state index < -0.39 is 44.7 Å². The van der Waals surface area contributed by atoms with E-state index in [1.54, 1.807) is 30.4 Å². The van der Waals surface area contributed by atoms with E-state index in [0.717, 1.165) is 57.8 Å². The van der Waals surface area contributed by atoms with Crippen LogP contribution in [0, 0.1) is 0 Å². The zero-order valence-corrected chi connectivity index (χ0v) is 41.8. The lowest BCUT2D eigenvalue weighted by molar-refractivity contribution is -0.870. The van der Waals surface area contributed by atoms with Crippen molar-refractivity contribution in [3.05, 3.63) is 109 Å². The number of aliphatic hydroxyl groups is 2. The lowest BCUT2D eigenvalue weighted by Gasteiger charge is -2.28. The second-order valence-corrected chi connectivity index (χ2v) is 18.5. The van der Waals surface area contributed by atoms with Gasteiger partial charge < -0.3 is 38.1 Å². The molecular weight excluding hydrogens is 842 g/mol. The van der Waals surface area contributed by atoms with Gasteiger partial charge in [0.15, 0.2) is 6.10 Å². The molecule has 65 heavy (non-hydrogen) atoms. The fourth-order valence-corrected chi connectivity index (χ4v) is 6.60. The summed E-state index contributed by atoms with van der Waals surface area (Å²) in [5.74, 6) is -1.04. The quantitative estimate of drug-likeness (QED) is 0.0151. The number of likely N-dealkylation sites (N-methyl/N-ethyl adjacent to an activating group) is 1. The summed E-state index contributed by atoms with van der Waals surface area (Å²) < 4.78 is 33.8. The molecule has 370 valence electrons. The van der Waals surface area contributed by atoms with Crippen molar-refractivity contribution in [1.29, 1.82) is 0 Å². The van der Waals surface area contributed by atoms with Gasteiger partial charge >= 0.3 is 11.9 Å². The van der Waals surface area contributed by atoms with Crippen LogP contribution >= 0.6 is 7.82 Å². The zero-order valence-electron chi connectivity index (χ0n) is 40.9. The highest BCUT2D eigenvalue weighted by atomic mass is 31.2. The van der Waals surface area contributed by atoms with Crippen LogP contribution in [0.3, 0.4) is 0 Å². The average Bonchev–Trinajstić information content (AvgIpc) is 3.25. The first kappa shape index (κ1) is 61.6. The van der Waals surface area contributed by atoms with Crippen LogP contribution < -0.4 is 4.89 Å². The number of phosphoric ester groups is 1. The first-order chi connectivity index (χ1) is 31.3. The number of esters is 2. The number of nitrogens with zero attached hydrogens (tertiary/aromatic N) is 1. The van der Waals surface area contributed by atoms with Crippen molar-refractivity contribution in [2.75, 3.05) is 47.5 Å². The maximum absolute atomic E-state index is 12.7. The second kappa shape index (κ2) is 43.2. The van der Waals surface area contributed by atoms with Gasteiger partial charge in [-0.1, -0.05) is 168 Å². The van der Waals surface area contributed by atoms with Gasteiger partial charge in [0, 0.05) is 12.8 Å². The molecule has 0 saturated carbocycles. The number of quaternary nitrogens is 1. The van der Waals surface area contributed by atoms with E-state index in [9.17, 15) is 29.3 Å². The van der Waals surface area contributed by atoms with Crippen LogP contribution in [-0.2, 0) is 32.7 Å². The first-order valence-electron chi connectivity index (χ1n) is 24.3. The van der Waals surface area contributed by atoms with Gasteiger partial charge in [0.25, 0.3) is 7.82 Å². The summed E-state index contributed by atoms with van der Waals surface area (Å²) in [5.41, 5.74) is 0. The summed E-state index contributed by atoms with van der Waals surface area (Å²) in [6.45, 7) is 3.75. The molecule has 4 atom stereocenters. The smallest absolute Gasteiger partial charge is 0.306 e. The first-order valence-corrected chi connectivity index (χ1v) is 25.8. The van der Waals surface area contributed by atoms with Gasteiger partial charge in [0.05, 0.1) is 40.0 Å². The predicted octanol–water partition coefficient (Wildman–Crippen LogP) is 11.6. The number of rotatable bonds is 42. The minimum atomic E-state index is -4.70. The number of carbonyl (C=O) groups is 2. The molecule has 0 aliphatic carbocycles. The second-order valence-electron chi connectivity index (χ2n) is 17.1. The van der Waals surface area contributed by atoms with Crippen molar-refractivity contribution in [3.63, 3.8) is 0 Å². The molecule has 0 bridgehead atoms. The molecule has 11 nitrogen and oxygen atoms in total. The lowest BCUT2D eigenvalue weighted by atomic mass is 10.1. The molecule has 0 aromatic rings. The van der Waals surface area contributed by atoms with Crippen LogP contribution in [0.5, 0.6) is 0 Å². The van der Waals surface area contributed by atoms with E-state index in [1.165, 1.54) is 32.1 Å². The number of hydrogen-bond donors (Lipinski definition) is 2. The lowest BCUT2D eigenvalue weighted by Crippen LogP contribution is -2.37. The Kier molecular flexibility index (Phi) is 40.9. The minimum Gasteiger partial charge on any atom is -0.756 e. The summed E-state index contributed by atoms with van der Waals surface area (Å²) in [6.07, 6.45) is 51.9. The van der Waals surface area contributed by atoms with E-state index >= 15 is 0 Å². The maximum Gasteiger partial charge on any atom is 0.306 e. The molecule has 0 aromatic heterocycles. The van der Waals surface area contributed by atoms with Gasteiger partial charge in [0.2, 0.25) is 0 Å². The van der Waals surface area contributed by atoms with E-state index in [4.69, 9.17) is 18.5 Å². The molecule has 0 radical (unpaired) electrons. The van der Waals surface area contributed by atoms with Crippen molar-refractivity contribution in [1.82, 2.24) is 0 Å². The monoisotopic (exact) mass is 930 g/mol. The van der Waals surface area contributed by atoms with Gasteiger partial charge in [-0.3, -0.25) is 14.2 Å². The number of phosphoric acid groups is 1. The highest BCUT2D eigenvalue weighted by Crippen LogP contribution is 2.38. The SMILES string of the molecule is CC/C=C\C[C@H](O)/C=C/C=C\C/C=C\C=C\[C@H](O)/C=C\CCCC(=O)O[C@H](COC(=O)CCCCCCCC/C=C\C/C=C\C/C=C\CCCCCC)COP(=O)([O-])OCC[N+](C)(C)C. The van der Waals surface area contributed by atoms with Gasteiger partial charge in [-0.2, -0.15) is 0 Å². The van der Waals surface area contributed by atoms with Crippen LogP contribution in [-0.4, -0.2) is 92.5 Å². The molecule has 0 aliphatic rings. The zero-order chi connectivity index (χ0) is 48.1. The summed E-state index contributed by atoms with van der Waals surface area (Å²) >= 11 is 0. The number of hydrogen-bond acceptors (Lipinski definition) is 10. The van der Waals surface area contributed by atoms with E-state index in [2.05, 4.69) is 50.3 Å². The van der Waals surface area contributed by atoms with Crippen molar-refractivity contribution >= 4 is 19.8 Å². The molecule has 0 heterocycles. The third kappa shape index (κ3) is 46.9. The fraction of sp³-hybridized carbons (Fsp3) is 0.623. The van der Waals surface area contributed by atoms with Crippen molar-refractivity contribution < 1.29 is 52.3 Å². The largest absolute Gasteiger partial charge is 0.756 e. The summed E-state index contributed by atoms with van der Waals surface area (Å²) in [4.78, 5) is 37.7. The Morgan fingerprint density at radius 1 is 0.600 bits per heavy atom. The molecule has 1 unspecified atom stereocenters. The van der Waals surface area contributed by atoms with Crippen LogP contribution in [0.15, 0.2) is 109 Å². The Morgan fingerprint density at radius 2 is 1.17 bits per heavy atom. The number of carbonyl (C=O) groups excluding carboxylic acids is 2. The molecule has 0 rings (SSSR count). The summed E-state index contributed by atoms with van der Waals surface area (Å²) in [5, 5.41) is 20.1. The van der Waals surface area contributed by atoms with Crippen LogP contribution in [0.4, 0.5) is 0 Å². The van der Waals surface area contributed by atoms with Gasteiger partial charge in [-0.15, -0.1) is 0 Å². The maximum atomic E-state index is 12.7. The van der Waals surface area contributed by atoms with Gasteiger partial charge in [-0.05, 0) is 77.0 Å². The predicted molar refractivity (Wildman–Crippen MR) is 266 cm³/mol. The highest BCUT2D eigenvalue weighted by Gasteiger charge is 2.21. The third-order valence-corrected chi connectivity index (χ3v) is 10.7. The Labute approximate surface area is 394 Å². The number of unbranched alkanes of at least 4 members (excludes halogenated alkanes) is 11. The summed E-state index contributed by atoms with van der Waals surface area (Å²) in [6, 6.07) is 0. The Hall–Kier alpha value is -3.41. The minimum absolute atomic E-state index is 0.0289. The van der Waals surface area contributed by atoms with Gasteiger partial charge in [-0.25, -0.2) is 0 Å². The summed E-state index contributed by atoms with van der Waals surface area (Å²) in [7, 11) is 1.01. The molecule has 0 spiro atoms. The van der Waals surface area contributed by atoms with Crippen molar-refractivity contribution in [3.8, 4) is 0 Å². The van der Waals surface area contributed by atoms with Crippen molar-refractivity contribution in [2.24, 2.45) is 0 Å². The standard InChI is InChI=1S/C53H88NO10P/c1-6-8-10-11-12-13-14-15-16-17-18-19-20-21-22-23-24-28-31-37-43-52(57)61-47-51(48-63-65(59,60)62-46-45-54(3,4)5)64-53(58)44-38-32-36-42-50(56)41-35-30-27-25-26-29-34-40-49(55)39-33-9-7-2/h9,13-14,16-17,19-20,26-27,29-30,33-36,40-42,49-51,55-56H,6-8,10-12,15,18,21-25,28,31-32,37-39,43-48H2,1-5H3/b14-13-,17-16-,20-19-,29-26-,30-27-,33-9-,40-34+,41-35+,42-36-/t49-,50-,51+/m0/s1. The number of aliphatic hydroxyl groups excluding tert-OH is 2. The van der Waals surface area contributed by atoms with Crippen molar-refractivity contribution in [2.45, 2.75) is 167 Å². The highest BCUT2D eigenvalue weighted by molar-refractivity contribution is 7.45. The topological polar surface area (TPSA) is 152 Å². The molecular formula is C53H88NO10P. The molecule has 12 heteroatoms. The molecule has 0 saturated heterocycles. The molecule has 2 N–H and O–H groups in total. The average molecular weight is 930 g/mol. The Morgan fingerprint density at radius 3 is 1.82 bits per heavy atom. The Bertz CT molecular complexity index is 1500. The normalized spacial score (nSPS) is 15.4. The molecule has 0 amide bonds. The third-order valence-electron chi connectivity index (χ3n) is 9.70. The van der Waals surface area contributed by atoms with Gasteiger partial charge in [0.1, 0.15) is 19.8 Å². The molecule has 0 aliphatic heterocycles. The Balaban J connectivity index is 4.58. The number of allylic oxidation sites excluding steroid dienone is 14. The molecule has 0 aromatic carbocycles. The van der Waals surface area contributed by atoms with Crippen LogP contribution in [0.2, 0.25) is 0 Å². The fourth-order valence-electron chi connectivity index (χ4n) is 5.87. The van der Waals surface area contributed by atoms with Crippen LogP contribution in [0.25, 0.3) is 0 Å². The van der Waals surface area contributed by atoms with E-state index in [1.807, 2.05) is 63.7 Å². The number of ether oxygens (including phenoxy) is 2.